The van der Waals surface area contributed by atoms with Crippen LogP contribution < -0.4 is 10.1 Å². The van der Waals surface area contributed by atoms with Crippen LogP contribution in [-0.4, -0.2) is 27.0 Å². The molecule has 0 spiro atoms. The van der Waals surface area contributed by atoms with E-state index in [0.29, 0.717) is 28.6 Å². The first-order valence-electron chi connectivity index (χ1n) is 10.7. The third-order valence-corrected chi connectivity index (χ3v) is 5.81. The van der Waals surface area contributed by atoms with Crippen molar-refractivity contribution < 1.29 is 27.8 Å². The van der Waals surface area contributed by atoms with Gasteiger partial charge in [-0.3, -0.25) is 4.79 Å². The van der Waals surface area contributed by atoms with Crippen molar-refractivity contribution >= 4 is 40.2 Å². The van der Waals surface area contributed by atoms with Crippen LogP contribution in [0.3, 0.4) is 0 Å². The van der Waals surface area contributed by atoms with Gasteiger partial charge in [-0.15, -0.1) is 13.2 Å². The number of nitrogens with one attached hydrogen (secondary N) is 1. The van der Waals surface area contributed by atoms with E-state index < -0.39 is 12.3 Å². The van der Waals surface area contributed by atoms with E-state index in [0.717, 1.165) is 16.6 Å². The second kappa shape index (κ2) is 9.87. The van der Waals surface area contributed by atoms with Crippen molar-refractivity contribution in [3.05, 3.63) is 82.9 Å². The molecule has 0 aliphatic rings. The van der Waals surface area contributed by atoms with Gasteiger partial charge < -0.3 is 19.7 Å². The zero-order valence-electron chi connectivity index (χ0n) is 18.5. The molecular weight excluding hydrogens is 483 g/mol. The molecule has 10 heteroatoms. The van der Waals surface area contributed by atoms with Gasteiger partial charge in [-0.25, -0.2) is 4.98 Å². The highest BCUT2D eigenvalue weighted by atomic mass is 35.5. The van der Waals surface area contributed by atoms with Crippen LogP contribution in [0.1, 0.15) is 30.5 Å². The van der Waals surface area contributed by atoms with Crippen molar-refractivity contribution in [2.75, 3.05) is 5.32 Å². The third kappa shape index (κ3) is 5.86. The Balaban J connectivity index is 1.73. The van der Waals surface area contributed by atoms with Crippen molar-refractivity contribution in [2.45, 2.75) is 32.2 Å². The molecule has 0 bridgehead atoms. The normalized spacial score (nSPS) is 12.5. The summed E-state index contributed by atoms with van der Waals surface area (Å²) in [7, 11) is 0. The van der Waals surface area contributed by atoms with Gasteiger partial charge in [-0.05, 0) is 66.9 Å². The number of carboxylic acids is 1. The molecule has 1 heterocycles. The maximum Gasteiger partial charge on any atom is 0.573 e. The molecular formula is C25H21ClF3N3O3. The quantitative estimate of drug-likeness (QED) is 0.272. The Bertz CT molecular complexity index is 1350. The second-order valence-corrected chi connectivity index (χ2v) is 8.32. The number of aryl methyl sites for hydroxylation is 1. The number of halogens is 4. The number of anilines is 2. The summed E-state index contributed by atoms with van der Waals surface area (Å²) in [6, 6.07) is 18.1. The number of carboxylic acid groups (broad SMARTS) is 1. The zero-order valence-corrected chi connectivity index (χ0v) is 19.3. The summed E-state index contributed by atoms with van der Waals surface area (Å²) < 4.78 is 43.3. The van der Waals surface area contributed by atoms with Gasteiger partial charge in [-0.2, -0.15) is 0 Å². The van der Waals surface area contributed by atoms with E-state index in [-0.39, 0.29) is 18.2 Å². The number of alkyl halides is 3. The predicted molar refractivity (Wildman–Crippen MR) is 127 cm³/mol. The molecule has 1 atom stereocenters. The third-order valence-electron chi connectivity index (χ3n) is 5.47. The van der Waals surface area contributed by atoms with Gasteiger partial charge in [0.1, 0.15) is 5.75 Å². The van der Waals surface area contributed by atoms with Gasteiger partial charge in [-0.1, -0.05) is 35.9 Å². The minimum atomic E-state index is -4.77. The van der Waals surface area contributed by atoms with E-state index in [4.69, 9.17) is 21.7 Å². The lowest BCUT2D eigenvalue weighted by Gasteiger charge is -2.20. The maximum absolute atomic E-state index is 12.5. The van der Waals surface area contributed by atoms with E-state index in [9.17, 15) is 18.0 Å². The number of ether oxygens (including phenoxy) is 1. The fraction of sp³-hybridized carbons (Fsp3) is 0.200. The highest BCUT2D eigenvalue weighted by Crippen LogP contribution is 2.34. The van der Waals surface area contributed by atoms with Crippen LogP contribution in [0.2, 0.25) is 5.02 Å². The smallest absolute Gasteiger partial charge is 0.481 e. The van der Waals surface area contributed by atoms with E-state index in [2.05, 4.69) is 10.1 Å². The van der Waals surface area contributed by atoms with Crippen molar-refractivity contribution in [2.24, 2.45) is 0 Å². The average Bonchev–Trinajstić information content (AvgIpc) is 3.15. The van der Waals surface area contributed by atoms with Gasteiger partial charge >= 0.3 is 12.3 Å². The Hall–Kier alpha value is -3.72. The van der Waals surface area contributed by atoms with Gasteiger partial charge in [0, 0.05) is 17.1 Å². The highest BCUT2D eigenvalue weighted by Gasteiger charge is 2.31. The first-order chi connectivity index (χ1) is 16.6. The number of benzene rings is 3. The first kappa shape index (κ1) is 24.4. The molecule has 0 amide bonds. The summed E-state index contributed by atoms with van der Waals surface area (Å²) >= 11 is 6.45. The molecule has 1 unspecified atom stereocenters. The van der Waals surface area contributed by atoms with Gasteiger partial charge in [0.2, 0.25) is 5.95 Å². The SMILES string of the molecule is CC(c1ccccc1Cl)n1c(Nc2ccc(OC(F)(F)F)cc2)nc2cc(CCC(=O)O)ccc21. The minimum Gasteiger partial charge on any atom is -0.481 e. The largest absolute Gasteiger partial charge is 0.573 e. The molecule has 0 fully saturated rings. The first-order valence-corrected chi connectivity index (χ1v) is 11.1. The number of nitrogens with zero attached hydrogens (tertiary/aromatic N) is 2. The summed E-state index contributed by atoms with van der Waals surface area (Å²) in [5, 5.41) is 12.7. The number of aromatic nitrogens is 2. The van der Waals surface area contributed by atoms with Crippen molar-refractivity contribution in [3.8, 4) is 5.75 Å². The van der Waals surface area contributed by atoms with Crippen LogP contribution in [0.4, 0.5) is 24.8 Å². The fourth-order valence-electron chi connectivity index (χ4n) is 3.85. The highest BCUT2D eigenvalue weighted by molar-refractivity contribution is 6.31. The zero-order chi connectivity index (χ0) is 25.2. The Kier molecular flexibility index (Phi) is 6.88. The van der Waals surface area contributed by atoms with Crippen molar-refractivity contribution in [1.82, 2.24) is 9.55 Å². The van der Waals surface area contributed by atoms with E-state index in [1.807, 2.05) is 47.9 Å². The molecule has 0 saturated carbocycles. The standard InChI is InChI=1S/C25H21ClF3N3O3/c1-15(19-4-2-3-5-20(19)26)32-22-12-6-16(7-13-23(33)34)14-21(22)31-24(32)30-17-8-10-18(11-9-17)35-25(27,28)29/h2-6,8-12,14-15H,7,13H2,1H3,(H,30,31)(H,33,34). The number of imidazole rings is 1. The average molecular weight is 504 g/mol. The van der Waals surface area contributed by atoms with Crippen molar-refractivity contribution in [3.63, 3.8) is 0 Å². The number of hydrogen-bond acceptors (Lipinski definition) is 4. The molecule has 4 aromatic rings. The van der Waals surface area contributed by atoms with Crippen LogP contribution >= 0.6 is 11.6 Å². The molecule has 0 saturated heterocycles. The lowest BCUT2D eigenvalue weighted by Crippen LogP contribution is -2.17. The molecule has 35 heavy (non-hydrogen) atoms. The monoisotopic (exact) mass is 503 g/mol. The molecule has 0 aliphatic heterocycles. The lowest BCUT2D eigenvalue weighted by atomic mass is 10.1. The molecule has 1 aromatic heterocycles. The van der Waals surface area contributed by atoms with Crippen LogP contribution in [0.25, 0.3) is 11.0 Å². The fourth-order valence-corrected chi connectivity index (χ4v) is 4.15. The van der Waals surface area contributed by atoms with E-state index >= 15 is 0 Å². The summed E-state index contributed by atoms with van der Waals surface area (Å²) in [5.74, 6) is -0.764. The van der Waals surface area contributed by atoms with Gasteiger partial charge in [0.15, 0.2) is 0 Å². The van der Waals surface area contributed by atoms with Crippen molar-refractivity contribution in [1.29, 1.82) is 0 Å². The minimum absolute atomic E-state index is 0.000304. The summed E-state index contributed by atoms with van der Waals surface area (Å²) in [4.78, 5) is 15.7. The van der Waals surface area contributed by atoms with E-state index in [1.165, 1.54) is 24.3 Å². The Morgan fingerprint density at radius 3 is 2.51 bits per heavy atom. The van der Waals surface area contributed by atoms with Gasteiger partial charge in [0.25, 0.3) is 0 Å². The van der Waals surface area contributed by atoms with E-state index in [1.54, 1.807) is 6.07 Å². The second-order valence-electron chi connectivity index (χ2n) is 7.92. The molecule has 3 aromatic carbocycles. The summed E-state index contributed by atoms with van der Waals surface area (Å²) in [6.07, 6.45) is -4.41. The molecule has 0 radical (unpaired) electrons. The molecule has 182 valence electrons. The van der Waals surface area contributed by atoms with Crippen LogP contribution in [0.5, 0.6) is 5.75 Å². The lowest BCUT2D eigenvalue weighted by molar-refractivity contribution is -0.274. The van der Waals surface area contributed by atoms with Gasteiger partial charge in [0.05, 0.1) is 17.1 Å². The number of hydrogen-bond donors (Lipinski definition) is 2. The number of fused-ring (bicyclic) bond motifs is 1. The maximum atomic E-state index is 12.5. The van der Waals surface area contributed by atoms with Crippen LogP contribution in [0.15, 0.2) is 66.7 Å². The molecule has 4 rings (SSSR count). The topological polar surface area (TPSA) is 76.4 Å². The molecule has 0 aliphatic carbocycles. The molecule has 2 N–H and O–H groups in total. The predicted octanol–water partition coefficient (Wildman–Crippen LogP) is 6.96. The Labute approximate surface area is 203 Å². The number of aliphatic carboxylic acids is 1. The van der Waals surface area contributed by atoms with Crippen LogP contribution in [-0.2, 0) is 11.2 Å². The summed E-state index contributed by atoms with van der Waals surface area (Å²) in [5.41, 5.74) is 3.63. The number of carbonyl (C=O) groups is 1. The summed E-state index contributed by atoms with van der Waals surface area (Å²) in [6.45, 7) is 1.96. The van der Waals surface area contributed by atoms with Crippen LogP contribution in [0, 0.1) is 0 Å². The number of rotatable bonds is 8. The Morgan fingerprint density at radius 1 is 1.14 bits per heavy atom. The molecule has 6 nitrogen and oxygen atoms in total. The Morgan fingerprint density at radius 2 is 1.86 bits per heavy atom.